The van der Waals surface area contributed by atoms with Crippen LogP contribution >= 0.6 is 11.6 Å². The number of aromatic amines is 1. The van der Waals surface area contributed by atoms with Crippen molar-refractivity contribution in [3.8, 4) is 0 Å². The van der Waals surface area contributed by atoms with Crippen LogP contribution in [-0.4, -0.2) is 63.0 Å². The number of nitrogens with zero attached hydrogens (tertiary/aromatic N) is 3. The van der Waals surface area contributed by atoms with E-state index in [2.05, 4.69) is 25.6 Å². The molecule has 0 saturated carbocycles. The molecule has 1 aliphatic rings. The van der Waals surface area contributed by atoms with Crippen molar-refractivity contribution >= 4 is 50.9 Å². The third-order valence-corrected chi connectivity index (χ3v) is 6.47. The highest BCUT2D eigenvalue weighted by molar-refractivity contribution is 6.33. The largest absolute Gasteiger partial charge is 0.372 e. The molecule has 1 aliphatic heterocycles. The Morgan fingerprint density at radius 2 is 2.03 bits per heavy atom. The Morgan fingerprint density at radius 1 is 1.19 bits per heavy atom. The van der Waals surface area contributed by atoms with E-state index in [1.165, 1.54) is 0 Å². The highest BCUT2D eigenvalue weighted by Gasteiger charge is 2.38. The zero-order valence-corrected chi connectivity index (χ0v) is 20.8. The molecule has 0 unspecified atom stereocenters. The third-order valence-electron chi connectivity index (χ3n) is 6.25. The second-order valence-electron chi connectivity index (χ2n) is 9.54. The number of hydrogen-bond donors (Lipinski definition) is 3. The molecule has 4 heterocycles. The number of ether oxygens (including phenoxy) is 1. The van der Waals surface area contributed by atoms with E-state index >= 15 is 0 Å². The van der Waals surface area contributed by atoms with Gasteiger partial charge in [0.05, 0.1) is 41.7 Å². The Labute approximate surface area is 213 Å². The lowest BCUT2D eigenvalue weighted by molar-refractivity contribution is -0.146. The van der Waals surface area contributed by atoms with Crippen LogP contribution in [0.4, 0.5) is 5.69 Å². The summed E-state index contributed by atoms with van der Waals surface area (Å²) in [6.45, 7) is 4.91. The van der Waals surface area contributed by atoms with E-state index in [9.17, 15) is 9.59 Å². The summed E-state index contributed by atoms with van der Waals surface area (Å²) in [4.78, 5) is 39.7. The summed E-state index contributed by atoms with van der Waals surface area (Å²) in [6.07, 6.45) is 6.84. The molecule has 1 saturated heterocycles. The number of carbonyl (C=O) groups excluding carboxylic acids is 2. The van der Waals surface area contributed by atoms with Crippen LogP contribution in [-0.2, 0) is 20.9 Å². The molecule has 0 aliphatic carbocycles. The summed E-state index contributed by atoms with van der Waals surface area (Å²) < 4.78 is 5.95. The second-order valence-corrected chi connectivity index (χ2v) is 9.98. The molecule has 0 radical (unpaired) electrons. The zero-order chi connectivity index (χ0) is 25.3. The van der Waals surface area contributed by atoms with Gasteiger partial charge in [-0.05, 0) is 43.7 Å². The van der Waals surface area contributed by atoms with Gasteiger partial charge >= 0.3 is 0 Å². The topological polar surface area (TPSA) is 112 Å². The summed E-state index contributed by atoms with van der Waals surface area (Å²) in [5.74, 6) is -0.450. The average molecular weight is 507 g/mol. The van der Waals surface area contributed by atoms with Crippen LogP contribution in [0.3, 0.4) is 0 Å². The van der Waals surface area contributed by atoms with E-state index in [0.717, 1.165) is 27.4 Å². The number of pyridine rings is 2. The monoisotopic (exact) mass is 506 g/mol. The van der Waals surface area contributed by atoms with Gasteiger partial charge in [-0.25, -0.2) is 0 Å². The standard InChI is InChI=1S/C26H27ClN6O3/c1-26(2)15-33(13-23(34)30-11-16-4-3-6-28-10-16)22(14-36-26)25(35)32-20-9-17(27)8-19-18-5-7-29-12-21(18)31-24(19)20/h3-10,12,22,31H,11,13-15H2,1-2H3,(H,30,34)(H,32,35)/t22-/m0/s1. The predicted octanol–water partition coefficient (Wildman–Crippen LogP) is 3.50. The number of carbonyl (C=O) groups is 2. The van der Waals surface area contributed by atoms with Gasteiger partial charge < -0.3 is 20.4 Å². The van der Waals surface area contributed by atoms with Gasteiger partial charge in [0.25, 0.3) is 0 Å². The Bertz CT molecular complexity index is 1420. The predicted molar refractivity (Wildman–Crippen MR) is 139 cm³/mol. The molecular formula is C26H27ClN6O3. The minimum Gasteiger partial charge on any atom is -0.372 e. The van der Waals surface area contributed by atoms with Gasteiger partial charge in [0.15, 0.2) is 0 Å². The number of fused-ring (bicyclic) bond motifs is 3. The van der Waals surface area contributed by atoms with Crippen LogP contribution in [0.1, 0.15) is 19.4 Å². The van der Waals surface area contributed by atoms with E-state index in [4.69, 9.17) is 16.3 Å². The van der Waals surface area contributed by atoms with E-state index in [1.54, 1.807) is 30.9 Å². The van der Waals surface area contributed by atoms with E-state index in [0.29, 0.717) is 23.8 Å². The number of halogens is 1. The molecule has 1 aromatic carbocycles. The number of nitrogens with one attached hydrogen (secondary N) is 3. The minimum absolute atomic E-state index is 0.0636. The fraction of sp³-hybridized carbons (Fsp3) is 0.308. The Kier molecular flexibility index (Phi) is 6.61. The number of benzene rings is 1. The van der Waals surface area contributed by atoms with Gasteiger partial charge in [0.2, 0.25) is 11.8 Å². The minimum atomic E-state index is -0.651. The molecule has 9 nitrogen and oxygen atoms in total. The van der Waals surface area contributed by atoms with Gasteiger partial charge in [0.1, 0.15) is 6.04 Å². The molecule has 3 N–H and O–H groups in total. The molecule has 186 valence electrons. The molecular weight excluding hydrogens is 480 g/mol. The fourth-order valence-corrected chi connectivity index (χ4v) is 4.76. The number of aromatic nitrogens is 3. The molecule has 0 spiro atoms. The lowest BCUT2D eigenvalue weighted by atomic mass is 10.0. The number of amides is 2. The van der Waals surface area contributed by atoms with Crippen molar-refractivity contribution in [2.75, 3.05) is 25.0 Å². The summed E-state index contributed by atoms with van der Waals surface area (Å²) in [5.41, 5.74) is 2.58. The van der Waals surface area contributed by atoms with Crippen LogP contribution < -0.4 is 10.6 Å². The molecule has 1 atom stereocenters. The SMILES string of the molecule is CC1(C)CN(CC(=O)NCc2cccnc2)[C@H](C(=O)Nc2cc(Cl)cc3c2[nH]c2cnccc23)CO1. The number of H-pyrrole nitrogens is 1. The second kappa shape index (κ2) is 9.85. The van der Waals surface area contributed by atoms with Crippen molar-refractivity contribution in [2.45, 2.75) is 32.0 Å². The van der Waals surface area contributed by atoms with Crippen molar-refractivity contribution in [3.63, 3.8) is 0 Å². The van der Waals surface area contributed by atoms with Crippen LogP contribution in [0, 0.1) is 0 Å². The van der Waals surface area contributed by atoms with E-state index in [1.807, 2.05) is 43.0 Å². The highest BCUT2D eigenvalue weighted by Crippen LogP contribution is 2.33. The maximum Gasteiger partial charge on any atom is 0.244 e. The van der Waals surface area contributed by atoms with Crippen LogP contribution in [0.5, 0.6) is 0 Å². The molecule has 1 fully saturated rings. The Balaban J connectivity index is 1.35. The van der Waals surface area contributed by atoms with Crippen molar-refractivity contribution in [3.05, 3.63) is 65.7 Å². The number of morpholine rings is 1. The van der Waals surface area contributed by atoms with Crippen molar-refractivity contribution in [1.29, 1.82) is 0 Å². The third kappa shape index (κ3) is 5.18. The molecule has 3 aromatic heterocycles. The van der Waals surface area contributed by atoms with Crippen LogP contribution in [0.25, 0.3) is 21.8 Å². The fourth-order valence-electron chi connectivity index (χ4n) is 4.54. The first-order chi connectivity index (χ1) is 17.3. The van der Waals surface area contributed by atoms with Crippen LogP contribution in [0.15, 0.2) is 55.1 Å². The van der Waals surface area contributed by atoms with Crippen molar-refractivity contribution in [2.24, 2.45) is 0 Å². The normalized spacial score (nSPS) is 17.8. The van der Waals surface area contributed by atoms with Gasteiger partial charge in [-0.2, -0.15) is 0 Å². The molecule has 2 amide bonds. The number of anilines is 1. The molecule has 5 rings (SSSR count). The zero-order valence-electron chi connectivity index (χ0n) is 20.0. The lowest BCUT2D eigenvalue weighted by Crippen LogP contribution is -2.60. The van der Waals surface area contributed by atoms with Crippen LogP contribution in [0.2, 0.25) is 5.02 Å². The first-order valence-electron chi connectivity index (χ1n) is 11.7. The molecule has 10 heteroatoms. The quantitative estimate of drug-likeness (QED) is 0.369. The smallest absolute Gasteiger partial charge is 0.244 e. The van der Waals surface area contributed by atoms with E-state index in [-0.39, 0.29) is 25.0 Å². The van der Waals surface area contributed by atoms with Crippen molar-refractivity contribution in [1.82, 2.24) is 25.2 Å². The lowest BCUT2D eigenvalue weighted by Gasteiger charge is -2.42. The number of rotatable bonds is 6. The highest BCUT2D eigenvalue weighted by atomic mass is 35.5. The molecule has 0 bridgehead atoms. The maximum absolute atomic E-state index is 13.5. The molecule has 36 heavy (non-hydrogen) atoms. The van der Waals surface area contributed by atoms with Gasteiger partial charge in [0, 0.05) is 47.5 Å². The van der Waals surface area contributed by atoms with E-state index < -0.39 is 11.6 Å². The summed E-state index contributed by atoms with van der Waals surface area (Å²) in [6, 6.07) is 8.54. The molecule has 4 aromatic rings. The van der Waals surface area contributed by atoms with Gasteiger partial charge in [-0.15, -0.1) is 0 Å². The summed E-state index contributed by atoms with van der Waals surface area (Å²) in [7, 11) is 0. The Morgan fingerprint density at radius 3 is 2.83 bits per heavy atom. The summed E-state index contributed by atoms with van der Waals surface area (Å²) in [5, 5.41) is 8.28. The Hall–Kier alpha value is -3.53. The first kappa shape index (κ1) is 24.2. The maximum atomic E-state index is 13.5. The van der Waals surface area contributed by atoms with Crippen molar-refractivity contribution < 1.29 is 14.3 Å². The average Bonchev–Trinajstić information content (AvgIpc) is 3.22. The first-order valence-corrected chi connectivity index (χ1v) is 12.1. The van der Waals surface area contributed by atoms with Gasteiger partial charge in [-0.1, -0.05) is 17.7 Å². The van der Waals surface area contributed by atoms with Gasteiger partial charge in [-0.3, -0.25) is 24.5 Å². The number of hydrogen-bond acceptors (Lipinski definition) is 6. The summed E-state index contributed by atoms with van der Waals surface area (Å²) >= 11 is 6.40.